The second kappa shape index (κ2) is 5.85. The molecule has 20 heavy (non-hydrogen) atoms. The molecule has 2 aromatic carbocycles. The van der Waals surface area contributed by atoms with Crippen LogP contribution in [0.3, 0.4) is 0 Å². The van der Waals surface area contributed by atoms with Crippen LogP contribution in [0, 0.1) is 12.4 Å². The Morgan fingerprint density at radius 2 is 1.95 bits per heavy atom. The molecule has 0 radical (unpaired) electrons. The average Bonchev–Trinajstić information content (AvgIpc) is 2.45. The van der Waals surface area contributed by atoms with Crippen molar-refractivity contribution in [1.29, 1.82) is 0 Å². The van der Waals surface area contributed by atoms with Crippen molar-refractivity contribution in [3.63, 3.8) is 0 Å². The van der Waals surface area contributed by atoms with Gasteiger partial charge in [0.1, 0.15) is 23.7 Å². The highest BCUT2D eigenvalue weighted by Crippen LogP contribution is 2.30. The first-order chi connectivity index (χ1) is 9.63. The largest absolute Gasteiger partial charge is 0.488 e. The predicted molar refractivity (Wildman–Crippen MR) is 70.4 cm³/mol. The molecule has 0 saturated heterocycles. The number of carbonyl (C=O) groups is 1. The standard InChI is InChI=1S/C15H10FNO3/c1-17-11-7-8-12(13(14(11)16)15(18)19)20-9-10-5-3-2-4-6-10/h2-8H,9H2,(H,18,19). The third kappa shape index (κ3) is 2.75. The normalized spacial score (nSPS) is 9.80. The van der Waals surface area contributed by atoms with Crippen LogP contribution < -0.4 is 4.74 Å². The third-order valence-corrected chi connectivity index (χ3v) is 2.65. The molecule has 2 rings (SSSR count). The van der Waals surface area contributed by atoms with E-state index in [1.54, 1.807) is 0 Å². The Balaban J connectivity index is 2.31. The molecule has 0 aliphatic rings. The molecule has 2 aromatic rings. The summed E-state index contributed by atoms with van der Waals surface area (Å²) in [6.45, 7) is 6.90. The highest BCUT2D eigenvalue weighted by Gasteiger charge is 2.20. The number of benzene rings is 2. The summed E-state index contributed by atoms with van der Waals surface area (Å²) in [5, 5.41) is 9.04. The maximum absolute atomic E-state index is 13.8. The van der Waals surface area contributed by atoms with Crippen LogP contribution in [0.5, 0.6) is 5.75 Å². The lowest BCUT2D eigenvalue weighted by Crippen LogP contribution is -2.06. The minimum Gasteiger partial charge on any atom is -0.488 e. The number of halogens is 1. The van der Waals surface area contributed by atoms with Crippen LogP contribution in [0.1, 0.15) is 15.9 Å². The molecule has 100 valence electrons. The molecule has 0 spiro atoms. The molecular weight excluding hydrogens is 261 g/mol. The summed E-state index contributed by atoms with van der Waals surface area (Å²) in [5.41, 5.74) is -0.123. The highest BCUT2D eigenvalue weighted by atomic mass is 19.1. The molecule has 1 N–H and O–H groups in total. The van der Waals surface area contributed by atoms with Gasteiger partial charge in [-0.2, -0.15) is 0 Å². The van der Waals surface area contributed by atoms with Gasteiger partial charge in [-0.05, 0) is 17.7 Å². The summed E-state index contributed by atoms with van der Waals surface area (Å²) in [7, 11) is 0. The molecule has 0 heterocycles. The zero-order valence-corrected chi connectivity index (χ0v) is 10.3. The van der Waals surface area contributed by atoms with Crippen molar-refractivity contribution in [2.45, 2.75) is 6.61 Å². The van der Waals surface area contributed by atoms with Crippen molar-refractivity contribution in [2.24, 2.45) is 0 Å². The van der Waals surface area contributed by atoms with Crippen LogP contribution in [-0.4, -0.2) is 11.1 Å². The minimum atomic E-state index is -1.46. The van der Waals surface area contributed by atoms with Crippen molar-refractivity contribution in [3.05, 3.63) is 70.8 Å². The van der Waals surface area contributed by atoms with Crippen molar-refractivity contribution in [3.8, 4) is 5.75 Å². The number of ether oxygens (including phenoxy) is 1. The zero-order chi connectivity index (χ0) is 14.5. The molecule has 0 aliphatic heterocycles. The lowest BCUT2D eigenvalue weighted by molar-refractivity contribution is 0.0686. The molecule has 0 aromatic heterocycles. The number of aromatic carboxylic acids is 1. The summed E-state index contributed by atoms with van der Waals surface area (Å²) < 4.78 is 19.2. The summed E-state index contributed by atoms with van der Waals surface area (Å²) >= 11 is 0. The molecule has 0 aliphatic carbocycles. The van der Waals surface area contributed by atoms with Crippen molar-refractivity contribution < 1.29 is 19.0 Å². The molecule has 5 heteroatoms. The molecule has 4 nitrogen and oxygen atoms in total. The second-order valence-corrected chi connectivity index (χ2v) is 3.96. The smallest absolute Gasteiger partial charge is 0.341 e. The lowest BCUT2D eigenvalue weighted by Gasteiger charge is -2.10. The Hall–Kier alpha value is -2.87. The van der Waals surface area contributed by atoms with E-state index in [4.69, 9.17) is 16.4 Å². The summed E-state index contributed by atoms with van der Waals surface area (Å²) in [6, 6.07) is 11.6. The van der Waals surface area contributed by atoms with Crippen LogP contribution >= 0.6 is 0 Å². The van der Waals surface area contributed by atoms with Crippen LogP contribution in [0.4, 0.5) is 10.1 Å². The van der Waals surface area contributed by atoms with Crippen LogP contribution in [0.25, 0.3) is 4.85 Å². The Kier molecular flexibility index (Phi) is 3.96. The Labute approximate surface area is 114 Å². The van der Waals surface area contributed by atoms with Gasteiger partial charge in [0.2, 0.25) is 5.69 Å². The van der Waals surface area contributed by atoms with Gasteiger partial charge in [0.25, 0.3) is 0 Å². The van der Waals surface area contributed by atoms with Crippen LogP contribution in [0.2, 0.25) is 0 Å². The van der Waals surface area contributed by atoms with E-state index in [2.05, 4.69) is 4.85 Å². The molecule has 0 atom stereocenters. The third-order valence-electron chi connectivity index (χ3n) is 2.65. The summed E-state index contributed by atoms with van der Waals surface area (Å²) in [5.74, 6) is -2.62. The van der Waals surface area contributed by atoms with E-state index < -0.39 is 17.3 Å². The van der Waals surface area contributed by atoms with E-state index in [0.717, 1.165) is 5.56 Å². The van der Waals surface area contributed by atoms with Gasteiger partial charge in [-0.25, -0.2) is 14.0 Å². The zero-order valence-electron chi connectivity index (χ0n) is 10.3. The monoisotopic (exact) mass is 271 g/mol. The molecule has 0 fully saturated rings. The van der Waals surface area contributed by atoms with Crippen molar-refractivity contribution in [2.75, 3.05) is 0 Å². The maximum Gasteiger partial charge on any atom is 0.341 e. The molecule has 0 amide bonds. The van der Waals surface area contributed by atoms with E-state index in [-0.39, 0.29) is 18.0 Å². The van der Waals surface area contributed by atoms with E-state index in [1.165, 1.54) is 12.1 Å². The van der Waals surface area contributed by atoms with E-state index in [9.17, 15) is 9.18 Å². The fourth-order valence-corrected chi connectivity index (χ4v) is 1.69. The quantitative estimate of drug-likeness (QED) is 0.863. The fraction of sp³-hybridized carbons (Fsp3) is 0.0667. The Morgan fingerprint density at radius 1 is 1.25 bits per heavy atom. The van der Waals surface area contributed by atoms with Gasteiger partial charge in [-0.1, -0.05) is 30.3 Å². The Morgan fingerprint density at radius 3 is 2.55 bits per heavy atom. The number of carboxylic acids is 1. The van der Waals surface area contributed by atoms with Crippen molar-refractivity contribution in [1.82, 2.24) is 0 Å². The molecule has 0 bridgehead atoms. The lowest BCUT2D eigenvalue weighted by atomic mass is 10.1. The molecular formula is C15H10FNO3. The number of rotatable bonds is 4. The average molecular weight is 271 g/mol. The van der Waals surface area contributed by atoms with Crippen molar-refractivity contribution >= 4 is 11.7 Å². The first-order valence-electron chi connectivity index (χ1n) is 5.73. The van der Waals surface area contributed by atoms with Crippen LogP contribution in [0.15, 0.2) is 42.5 Å². The number of hydrogen-bond donors (Lipinski definition) is 1. The van der Waals surface area contributed by atoms with Gasteiger partial charge < -0.3 is 9.84 Å². The number of nitrogens with zero attached hydrogens (tertiary/aromatic N) is 1. The number of carboxylic acid groups (broad SMARTS) is 1. The maximum atomic E-state index is 13.8. The van der Waals surface area contributed by atoms with Gasteiger partial charge in [0.15, 0.2) is 0 Å². The topological polar surface area (TPSA) is 50.9 Å². The van der Waals surface area contributed by atoms with E-state index in [0.29, 0.717) is 0 Å². The predicted octanol–water partition coefficient (Wildman–Crippen LogP) is 3.65. The minimum absolute atomic E-state index is 0.0914. The molecule has 0 unspecified atom stereocenters. The second-order valence-electron chi connectivity index (χ2n) is 3.96. The van der Waals surface area contributed by atoms with Gasteiger partial charge in [0.05, 0.1) is 6.57 Å². The van der Waals surface area contributed by atoms with E-state index >= 15 is 0 Å². The summed E-state index contributed by atoms with van der Waals surface area (Å²) in [6.07, 6.45) is 0. The van der Waals surface area contributed by atoms with Gasteiger partial charge in [0, 0.05) is 0 Å². The first-order valence-corrected chi connectivity index (χ1v) is 5.73. The van der Waals surface area contributed by atoms with Crippen LogP contribution in [-0.2, 0) is 6.61 Å². The fourth-order valence-electron chi connectivity index (χ4n) is 1.69. The Bertz CT molecular complexity index is 678. The van der Waals surface area contributed by atoms with E-state index in [1.807, 2.05) is 30.3 Å². The van der Waals surface area contributed by atoms with Gasteiger partial charge in [-0.15, -0.1) is 0 Å². The van der Waals surface area contributed by atoms with Gasteiger partial charge >= 0.3 is 5.97 Å². The highest BCUT2D eigenvalue weighted by molar-refractivity contribution is 5.92. The SMILES string of the molecule is [C-]#[N+]c1ccc(OCc2ccccc2)c(C(=O)O)c1F. The van der Waals surface area contributed by atoms with Gasteiger partial charge in [-0.3, -0.25) is 0 Å². The molecule has 0 saturated carbocycles. The first kappa shape index (κ1) is 13.6. The number of hydrogen-bond acceptors (Lipinski definition) is 2. The summed E-state index contributed by atoms with van der Waals surface area (Å²) in [4.78, 5) is 14.0.